The van der Waals surface area contributed by atoms with E-state index in [0.717, 1.165) is 19.3 Å². The summed E-state index contributed by atoms with van der Waals surface area (Å²) in [5, 5.41) is 9.14. The Morgan fingerprint density at radius 1 is 1.58 bits per heavy atom. The van der Waals surface area contributed by atoms with Crippen molar-refractivity contribution >= 4 is 5.97 Å². The van der Waals surface area contributed by atoms with Gasteiger partial charge in [0.25, 0.3) is 0 Å². The van der Waals surface area contributed by atoms with E-state index in [0.29, 0.717) is 5.57 Å². The molecule has 3 heteroatoms. The number of hydrogen-bond acceptors (Lipinski definition) is 3. The van der Waals surface area contributed by atoms with Gasteiger partial charge in [-0.1, -0.05) is 13.3 Å². The predicted octanol–water partition coefficient (Wildman–Crippen LogP) is 1.93. The Morgan fingerprint density at radius 2 is 2.25 bits per heavy atom. The Balaban J connectivity index is 2.55. The highest BCUT2D eigenvalue weighted by Gasteiger charge is 2.30. The number of rotatable bonds is 3. The second-order valence-corrected chi connectivity index (χ2v) is 3.07. The van der Waals surface area contributed by atoms with E-state index in [4.69, 9.17) is 9.84 Å². The maximum atomic E-state index is 10.8. The molecule has 0 amide bonds. The Hall–Kier alpha value is -0.990. The fourth-order valence-electron chi connectivity index (χ4n) is 1.25. The van der Waals surface area contributed by atoms with Gasteiger partial charge in [0.2, 0.25) is 5.76 Å². The summed E-state index contributed by atoms with van der Waals surface area (Å²) >= 11 is 0. The molecule has 1 atom stereocenters. The minimum Gasteiger partial charge on any atom is -0.502 e. The Bertz CT molecular complexity index is 218. The van der Waals surface area contributed by atoms with E-state index in [1.807, 2.05) is 0 Å². The van der Waals surface area contributed by atoms with Crippen LogP contribution in [0.25, 0.3) is 0 Å². The molecule has 0 fully saturated rings. The zero-order valence-electron chi connectivity index (χ0n) is 7.46. The summed E-state index contributed by atoms with van der Waals surface area (Å²) in [6, 6.07) is 0. The number of cyclic esters (lactones) is 1. The second kappa shape index (κ2) is 3.61. The number of unbranched alkanes of at least 4 members (excludes halogenated alkanes) is 1. The quantitative estimate of drug-likeness (QED) is 0.658. The highest BCUT2D eigenvalue weighted by molar-refractivity contribution is 5.89. The zero-order chi connectivity index (χ0) is 9.14. The van der Waals surface area contributed by atoms with Crippen LogP contribution in [0.2, 0.25) is 0 Å². The van der Waals surface area contributed by atoms with Crippen molar-refractivity contribution in [1.82, 2.24) is 0 Å². The van der Waals surface area contributed by atoms with Gasteiger partial charge in [0.1, 0.15) is 6.10 Å². The van der Waals surface area contributed by atoms with Gasteiger partial charge in [-0.05, 0) is 19.8 Å². The summed E-state index contributed by atoms with van der Waals surface area (Å²) in [4.78, 5) is 10.8. The van der Waals surface area contributed by atoms with E-state index >= 15 is 0 Å². The van der Waals surface area contributed by atoms with Gasteiger partial charge in [0.05, 0.1) is 0 Å². The third-order valence-electron chi connectivity index (χ3n) is 2.12. The summed E-state index contributed by atoms with van der Waals surface area (Å²) in [6.45, 7) is 3.82. The Morgan fingerprint density at radius 3 is 2.67 bits per heavy atom. The van der Waals surface area contributed by atoms with Gasteiger partial charge in [0, 0.05) is 5.57 Å². The first-order valence-corrected chi connectivity index (χ1v) is 4.27. The molecule has 0 aromatic heterocycles. The summed E-state index contributed by atoms with van der Waals surface area (Å²) in [5.41, 5.74) is 0.674. The first-order valence-electron chi connectivity index (χ1n) is 4.27. The van der Waals surface area contributed by atoms with Crippen molar-refractivity contribution in [2.75, 3.05) is 0 Å². The fourth-order valence-corrected chi connectivity index (χ4v) is 1.25. The Kier molecular flexibility index (Phi) is 2.74. The first-order chi connectivity index (χ1) is 5.66. The van der Waals surface area contributed by atoms with Crippen LogP contribution in [0.15, 0.2) is 11.3 Å². The van der Waals surface area contributed by atoms with E-state index in [1.54, 1.807) is 6.92 Å². The summed E-state index contributed by atoms with van der Waals surface area (Å²) in [7, 11) is 0. The van der Waals surface area contributed by atoms with Crippen molar-refractivity contribution in [3.05, 3.63) is 11.3 Å². The molecule has 1 N–H and O–H groups in total. The number of aliphatic hydroxyl groups excluding tert-OH is 1. The van der Waals surface area contributed by atoms with Crippen molar-refractivity contribution in [3.8, 4) is 0 Å². The molecule has 68 valence electrons. The fraction of sp³-hybridized carbons (Fsp3) is 0.667. The molecule has 0 radical (unpaired) electrons. The summed E-state index contributed by atoms with van der Waals surface area (Å²) < 4.78 is 4.92. The lowest BCUT2D eigenvalue weighted by Gasteiger charge is -2.08. The van der Waals surface area contributed by atoms with E-state index in [9.17, 15) is 4.79 Å². The molecule has 0 saturated carbocycles. The van der Waals surface area contributed by atoms with Gasteiger partial charge in [-0.2, -0.15) is 0 Å². The van der Waals surface area contributed by atoms with Crippen molar-refractivity contribution in [3.63, 3.8) is 0 Å². The molecule has 1 unspecified atom stereocenters. The average molecular weight is 170 g/mol. The van der Waals surface area contributed by atoms with Crippen molar-refractivity contribution in [2.45, 2.75) is 39.2 Å². The molecule has 0 spiro atoms. The summed E-state index contributed by atoms with van der Waals surface area (Å²) in [5.74, 6) is -0.773. The molecule has 1 rings (SSSR count). The van der Waals surface area contributed by atoms with E-state index in [1.165, 1.54) is 0 Å². The van der Waals surface area contributed by atoms with Gasteiger partial charge >= 0.3 is 5.97 Å². The molecular weight excluding hydrogens is 156 g/mol. The highest BCUT2D eigenvalue weighted by Crippen LogP contribution is 2.24. The third-order valence-corrected chi connectivity index (χ3v) is 2.12. The van der Waals surface area contributed by atoms with Crippen LogP contribution >= 0.6 is 0 Å². The van der Waals surface area contributed by atoms with Crippen LogP contribution in [0, 0.1) is 0 Å². The number of ether oxygens (including phenoxy) is 1. The molecule has 3 nitrogen and oxygen atoms in total. The highest BCUT2D eigenvalue weighted by atomic mass is 16.6. The molecule has 1 heterocycles. The van der Waals surface area contributed by atoms with Crippen molar-refractivity contribution in [1.29, 1.82) is 0 Å². The Labute approximate surface area is 72.0 Å². The topological polar surface area (TPSA) is 46.5 Å². The third kappa shape index (κ3) is 1.60. The SMILES string of the molecule is CCCCC1OC(=O)C(O)=C1C. The van der Waals surface area contributed by atoms with E-state index in [2.05, 4.69) is 6.92 Å². The lowest BCUT2D eigenvalue weighted by atomic mass is 10.1. The lowest BCUT2D eigenvalue weighted by molar-refractivity contribution is -0.142. The predicted molar refractivity (Wildman–Crippen MR) is 44.7 cm³/mol. The molecule has 0 bridgehead atoms. The van der Waals surface area contributed by atoms with E-state index in [-0.39, 0.29) is 11.9 Å². The summed E-state index contributed by atoms with van der Waals surface area (Å²) in [6.07, 6.45) is 2.72. The maximum absolute atomic E-state index is 10.8. The monoisotopic (exact) mass is 170 g/mol. The minimum atomic E-state index is -0.575. The average Bonchev–Trinajstić information content (AvgIpc) is 2.30. The number of carbonyl (C=O) groups excluding carboxylic acids is 1. The zero-order valence-corrected chi connectivity index (χ0v) is 7.46. The molecule has 12 heavy (non-hydrogen) atoms. The molecule has 0 aromatic rings. The molecule has 0 aliphatic carbocycles. The minimum absolute atomic E-state index is 0.183. The van der Waals surface area contributed by atoms with Crippen LogP contribution in [0.1, 0.15) is 33.1 Å². The molecule has 1 aliphatic heterocycles. The van der Waals surface area contributed by atoms with Gasteiger partial charge in [-0.3, -0.25) is 0 Å². The molecule has 1 aliphatic rings. The number of aliphatic hydroxyl groups is 1. The largest absolute Gasteiger partial charge is 0.502 e. The molecular formula is C9H14O3. The first kappa shape index (κ1) is 9.10. The van der Waals surface area contributed by atoms with Crippen LogP contribution < -0.4 is 0 Å². The van der Waals surface area contributed by atoms with Gasteiger partial charge in [-0.15, -0.1) is 0 Å². The van der Waals surface area contributed by atoms with Crippen LogP contribution in [0.5, 0.6) is 0 Å². The number of hydrogen-bond donors (Lipinski definition) is 1. The molecule has 0 saturated heterocycles. The van der Waals surface area contributed by atoms with Crippen molar-refractivity contribution < 1.29 is 14.6 Å². The van der Waals surface area contributed by atoms with E-state index < -0.39 is 5.97 Å². The number of esters is 1. The van der Waals surface area contributed by atoms with Gasteiger partial charge in [0.15, 0.2) is 0 Å². The number of carbonyl (C=O) groups is 1. The van der Waals surface area contributed by atoms with Gasteiger partial charge in [-0.25, -0.2) is 4.79 Å². The maximum Gasteiger partial charge on any atom is 0.374 e. The van der Waals surface area contributed by atoms with Crippen LogP contribution in [0.4, 0.5) is 0 Å². The smallest absolute Gasteiger partial charge is 0.374 e. The van der Waals surface area contributed by atoms with Gasteiger partial charge < -0.3 is 9.84 Å². The lowest BCUT2D eigenvalue weighted by Crippen LogP contribution is -2.10. The second-order valence-electron chi connectivity index (χ2n) is 3.07. The van der Waals surface area contributed by atoms with Crippen LogP contribution in [-0.4, -0.2) is 17.2 Å². The normalized spacial score (nSPS) is 23.2. The molecule has 0 aromatic carbocycles. The van der Waals surface area contributed by atoms with Crippen LogP contribution in [0.3, 0.4) is 0 Å². The van der Waals surface area contributed by atoms with Crippen molar-refractivity contribution in [2.24, 2.45) is 0 Å². The standard InChI is InChI=1S/C9H14O3/c1-3-4-5-7-6(2)8(10)9(11)12-7/h7,10H,3-5H2,1-2H3. The van der Waals surface area contributed by atoms with Crippen LogP contribution in [-0.2, 0) is 9.53 Å².